The highest BCUT2D eigenvalue weighted by molar-refractivity contribution is 5.92. The fourth-order valence-electron chi connectivity index (χ4n) is 3.57. The summed E-state index contributed by atoms with van der Waals surface area (Å²) in [4.78, 5) is 32.7. The topological polar surface area (TPSA) is 90.4 Å². The SMILES string of the molecule is CC(=O)c1cc(O[C@H]2CCNC2=O)nc(C2=CCC(Oc3ccc(C)cc3)CC2)n1. The lowest BCUT2D eigenvalue weighted by Crippen LogP contribution is -2.28. The summed E-state index contributed by atoms with van der Waals surface area (Å²) in [5.41, 5.74) is 2.44. The van der Waals surface area contributed by atoms with Crippen LogP contribution in [0.3, 0.4) is 0 Å². The highest BCUT2D eigenvalue weighted by atomic mass is 16.5. The lowest BCUT2D eigenvalue weighted by molar-refractivity contribution is -0.125. The van der Waals surface area contributed by atoms with Crippen molar-refractivity contribution in [1.82, 2.24) is 15.3 Å². The third-order valence-electron chi connectivity index (χ3n) is 5.30. The van der Waals surface area contributed by atoms with Gasteiger partial charge >= 0.3 is 0 Å². The summed E-state index contributed by atoms with van der Waals surface area (Å²) in [6, 6.07) is 9.54. The maximum Gasteiger partial charge on any atom is 0.261 e. The molecule has 1 aromatic heterocycles. The molecule has 2 aromatic rings. The molecule has 4 rings (SSSR count). The molecule has 0 spiro atoms. The molecule has 1 saturated heterocycles. The molecule has 2 heterocycles. The van der Waals surface area contributed by atoms with Crippen molar-refractivity contribution in [2.24, 2.45) is 0 Å². The lowest BCUT2D eigenvalue weighted by Gasteiger charge is -2.23. The maximum atomic E-state index is 11.9. The smallest absolute Gasteiger partial charge is 0.261 e. The van der Waals surface area contributed by atoms with Crippen molar-refractivity contribution < 1.29 is 19.1 Å². The summed E-state index contributed by atoms with van der Waals surface area (Å²) in [6.45, 7) is 4.08. The highest BCUT2D eigenvalue weighted by Crippen LogP contribution is 2.29. The fraction of sp³-hybridized carbons (Fsp3) is 0.391. The van der Waals surface area contributed by atoms with Crippen molar-refractivity contribution in [3.8, 4) is 11.6 Å². The molecule has 1 aliphatic carbocycles. The highest BCUT2D eigenvalue weighted by Gasteiger charge is 2.27. The van der Waals surface area contributed by atoms with E-state index in [0.717, 1.165) is 30.6 Å². The Hall–Kier alpha value is -3.22. The molecule has 1 fully saturated rings. The van der Waals surface area contributed by atoms with Gasteiger partial charge in [0.25, 0.3) is 5.91 Å². The van der Waals surface area contributed by atoms with E-state index in [1.54, 1.807) is 0 Å². The van der Waals surface area contributed by atoms with Crippen LogP contribution in [0.25, 0.3) is 5.57 Å². The monoisotopic (exact) mass is 407 g/mol. The zero-order valence-corrected chi connectivity index (χ0v) is 17.2. The minimum atomic E-state index is -0.583. The number of allylic oxidation sites excluding steroid dienone is 1. The Morgan fingerprint density at radius 3 is 2.57 bits per heavy atom. The number of ether oxygens (including phenoxy) is 2. The number of carbonyl (C=O) groups is 2. The van der Waals surface area contributed by atoms with Crippen molar-refractivity contribution >= 4 is 17.3 Å². The van der Waals surface area contributed by atoms with Crippen LogP contribution in [-0.2, 0) is 4.79 Å². The standard InChI is InChI=1S/C23H25N3O4/c1-14-3-7-17(8-4-14)29-18-9-5-16(6-10-18)22-25-19(15(2)27)13-21(26-22)30-20-11-12-24-23(20)28/h3-5,7-8,13,18,20H,6,9-12H2,1-2H3,(H,24,28)/t18?,20-/m0/s1. The van der Waals surface area contributed by atoms with E-state index in [1.165, 1.54) is 18.6 Å². The number of hydrogen-bond donors (Lipinski definition) is 1. The molecule has 7 heteroatoms. The van der Waals surface area contributed by atoms with Gasteiger partial charge in [0.2, 0.25) is 5.88 Å². The first-order valence-electron chi connectivity index (χ1n) is 10.2. The average molecular weight is 407 g/mol. The van der Waals surface area contributed by atoms with Crippen LogP contribution < -0.4 is 14.8 Å². The Labute approximate surface area is 175 Å². The number of Topliss-reactive ketones (excluding diaryl/α,β-unsaturated/α-hetero) is 1. The first-order chi connectivity index (χ1) is 14.5. The molecule has 0 bridgehead atoms. The zero-order valence-electron chi connectivity index (χ0n) is 17.2. The largest absolute Gasteiger partial charge is 0.490 e. The van der Waals surface area contributed by atoms with Crippen LogP contribution in [0, 0.1) is 6.92 Å². The maximum absolute atomic E-state index is 11.9. The number of aryl methyl sites for hydroxylation is 1. The Balaban J connectivity index is 1.49. The van der Waals surface area contributed by atoms with E-state index in [0.29, 0.717) is 18.8 Å². The predicted molar refractivity (Wildman–Crippen MR) is 112 cm³/mol. The Kier molecular flexibility index (Phi) is 5.79. The first kappa shape index (κ1) is 20.1. The van der Waals surface area contributed by atoms with Gasteiger partial charge in [0, 0.05) is 32.4 Å². The Bertz CT molecular complexity index is 984. The summed E-state index contributed by atoms with van der Waals surface area (Å²) in [5, 5.41) is 2.73. The molecule has 2 aliphatic rings. The van der Waals surface area contributed by atoms with Crippen LogP contribution in [0.1, 0.15) is 54.5 Å². The van der Waals surface area contributed by atoms with Gasteiger partial charge in [-0.15, -0.1) is 0 Å². The van der Waals surface area contributed by atoms with Gasteiger partial charge < -0.3 is 14.8 Å². The molecule has 1 unspecified atom stereocenters. The summed E-state index contributed by atoms with van der Waals surface area (Å²) >= 11 is 0. The molecule has 30 heavy (non-hydrogen) atoms. The van der Waals surface area contributed by atoms with E-state index >= 15 is 0 Å². The van der Waals surface area contributed by atoms with Crippen LogP contribution in [0.2, 0.25) is 0 Å². The molecule has 1 N–H and O–H groups in total. The number of hydrogen-bond acceptors (Lipinski definition) is 6. The molecular weight excluding hydrogens is 382 g/mol. The summed E-state index contributed by atoms with van der Waals surface area (Å²) in [6.07, 6.45) is 4.45. The molecule has 1 aliphatic heterocycles. The summed E-state index contributed by atoms with van der Waals surface area (Å²) < 4.78 is 11.8. The van der Waals surface area contributed by atoms with Gasteiger partial charge in [0.1, 0.15) is 17.5 Å². The Morgan fingerprint density at radius 2 is 1.93 bits per heavy atom. The predicted octanol–water partition coefficient (Wildman–Crippen LogP) is 3.27. The second-order valence-corrected chi connectivity index (χ2v) is 7.71. The van der Waals surface area contributed by atoms with E-state index in [9.17, 15) is 9.59 Å². The van der Waals surface area contributed by atoms with E-state index in [2.05, 4.69) is 21.4 Å². The number of ketones is 1. The van der Waals surface area contributed by atoms with E-state index in [-0.39, 0.29) is 29.4 Å². The average Bonchev–Trinajstić information content (AvgIpc) is 3.14. The molecule has 7 nitrogen and oxygen atoms in total. The van der Waals surface area contributed by atoms with Gasteiger partial charge in [-0.3, -0.25) is 9.59 Å². The van der Waals surface area contributed by atoms with Crippen molar-refractivity contribution in [1.29, 1.82) is 0 Å². The van der Waals surface area contributed by atoms with Gasteiger partial charge in [0.15, 0.2) is 17.7 Å². The molecule has 0 saturated carbocycles. The third kappa shape index (κ3) is 4.67. The van der Waals surface area contributed by atoms with Crippen LogP contribution in [0.4, 0.5) is 0 Å². The lowest BCUT2D eigenvalue weighted by atomic mass is 9.96. The first-order valence-corrected chi connectivity index (χ1v) is 10.2. The second-order valence-electron chi connectivity index (χ2n) is 7.71. The normalized spacial score (nSPS) is 21.0. The van der Waals surface area contributed by atoms with Gasteiger partial charge in [-0.2, -0.15) is 4.98 Å². The van der Waals surface area contributed by atoms with Crippen LogP contribution in [-0.4, -0.2) is 40.4 Å². The third-order valence-corrected chi connectivity index (χ3v) is 5.30. The number of carbonyl (C=O) groups excluding carboxylic acids is 2. The molecule has 156 valence electrons. The number of nitrogens with one attached hydrogen (secondary N) is 1. The van der Waals surface area contributed by atoms with Gasteiger partial charge in [-0.25, -0.2) is 4.98 Å². The minimum Gasteiger partial charge on any atom is -0.490 e. The van der Waals surface area contributed by atoms with Gasteiger partial charge in [0.05, 0.1) is 0 Å². The number of amides is 1. The second kappa shape index (κ2) is 8.65. The van der Waals surface area contributed by atoms with E-state index in [4.69, 9.17) is 9.47 Å². The van der Waals surface area contributed by atoms with Gasteiger partial charge in [-0.1, -0.05) is 23.8 Å². The van der Waals surface area contributed by atoms with E-state index in [1.807, 2.05) is 31.2 Å². The van der Waals surface area contributed by atoms with Crippen LogP contribution in [0.15, 0.2) is 36.4 Å². The molecule has 1 aromatic carbocycles. The molecule has 1 amide bonds. The number of rotatable bonds is 6. The van der Waals surface area contributed by atoms with Gasteiger partial charge in [-0.05, 0) is 37.5 Å². The number of nitrogens with zero attached hydrogens (tertiary/aromatic N) is 2. The minimum absolute atomic E-state index is 0.0883. The van der Waals surface area contributed by atoms with Crippen LogP contribution >= 0.6 is 0 Å². The molecule has 2 atom stereocenters. The quantitative estimate of drug-likeness (QED) is 0.739. The fourth-order valence-corrected chi connectivity index (χ4v) is 3.57. The zero-order chi connectivity index (χ0) is 21.1. The number of aromatic nitrogens is 2. The Morgan fingerprint density at radius 1 is 1.13 bits per heavy atom. The molecule has 0 radical (unpaired) electrons. The van der Waals surface area contributed by atoms with Crippen molar-refractivity contribution in [3.05, 3.63) is 53.5 Å². The summed E-state index contributed by atoms with van der Waals surface area (Å²) in [7, 11) is 0. The summed E-state index contributed by atoms with van der Waals surface area (Å²) in [5.74, 6) is 1.27. The van der Waals surface area contributed by atoms with E-state index < -0.39 is 6.10 Å². The number of benzene rings is 1. The van der Waals surface area contributed by atoms with Crippen molar-refractivity contribution in [2.75, 3.05) is 6.54 Å². The van der Waals surface area contributed by atoms with Crippen molar-refractivity contribution in [2.45, 2.75) is 51.7 Å². The van der Waals surface area contributed by atoms with Crippen molar-refractivity contribution in [3.63, 3.8) is 0 Å². The molecular formula is C23H25N3O4. The van der Waals surface area contributed by atoms with Crippen LogP contribution in [0.5, 0.6) is 11.6 Å².